The van der Waals surface area contributed by atoms with Gasteiger partial charge in [-0.15, -0.1) is 5.10 Å². The zero-order chi connectivity index (χ0) is 11.8. The van der Waals surface area contributed by atoms with Crippen LogP contribution < -0.4 is 0 Å². The minimum atomic E-state index is -0.779. The van der Waals surface area contributed by atoms with E-state index in [1.807, 2.05) is 6.92 Å². The lowest BCUT2D eigenvalue weighted by Gasteiger charge is -2.13. The van der Waals surface area contributed by atoms with Gasteiger partial charge in [0.1, 0.15) is 6.10 Å². The highest BCUT2D eigenvalue weighted by atomic mass is 16.5. The molecule has 1 heterocycles. The number of hydrogen-bond donors (Lipinski definition) is 1. The molecule has 1 N–H and O–H groups in total. The Bertz CT molecular complexity index is 399. The summed E-state index contributed by atoms with van der Waals surface area (Å²) in [6, 6.07) is 0. The van der Waals surface area contributed by atoms with Crippen LogP contribution in [0, 0.1) is 5.41 Å². The lowest BCUT2D eigenvalue weighted by molar-refractivity contribution is -0.144. The molecule has 0 bridgehead atoms. The van der Waals surface area contributed by atoms with E-state index in [0.29, 0.717) is 25.2 Å². The molecule has 0 amide bonds. The summed E-state index contributed by atoms with van der Waals surface area (Å²) in [5.74, 6) is -0.214. The second-order valence-corrected chi connectivity index (χ2v) is 4.16. The predicted octanol–water partition coefficient (Wildman–Crippen LogP) is 0.245. The van der Waals surface area contributed by atoms with Crippen molar-refractivity contribution < 1.29 is 14.6 Å². The molecule has 0 radical (unpaired) electrons. The molecule has 1 saturated carbocycles. The second kappa shape index (κ2) is 3.82. The van der Waals surface area contributed by atoms with Crippen LogP contribution in [0.25, 0.3) is 0 Å². The normalized spacial score (nSPS) is 19.4. The van der Waals surface area contributed by atoms with E-state index in [1.165, 1.54) is 4.68 Å². The fourth-order valence-electron chi connectivity index (χ4n) is 1.60. The first kappa shape index (κ1) is 11.0. The fourth-order valence-corrected chi connectivity index (χ4v) is 1.60. The number of nitrogens with zero attached hydrogens (tertiary/aromatic N) is 4. The highest BCUT2D eigenvalue weighted by Gasteiger charge is 2.51. The van der Waals surface area contributed by atoms with E-state index in [9.17, 15) is 4.79 Å². The summed E-state index contributed by atoms with van der Waals surface area (Å²) in [5, 5.41) is 20.3. The number of aliphatic carboxylic acids is 1. The molecule has 88 valence electrons. The van der Waals surface area contributed by atoms with Crippen molar-refractivity contribution >= 4 is 5.97 Å². The van der Waals surface area contributed by atoms with Crippen LogP contribution in [0.3, 0.4) is 0 Å². The number of carbonyl (C=O) groups is 1. The molecule has 0 aromatic carbocycles. The molecule has 1 unspecified atom stereocenters. The number of rotatable bonds is 5. The van der Waals surface area contributed by atoms with Gasteiger partial charge in [-0.1, -0.05) is 0 Å². The van der Waals surface area contributed by atoms with Crippen LogP contribution in [-0.2, 0) is 16.1 Å². The zero-order valence-electron chi connectivity index (χ0n) is 9.25. The summed E-state index contributed by atoms with van der Waals surface area (Å²) < 4.78 is 6.64. The van der Waals surface area contributed by atoms with E-state index < -0.39 is 11.4 Å². The maximum Gasteiger partial charge on any atom is 0.311 e. The largest absolute Gasteiger partial charge is 0.481 e. The molecular formula is C9H14N4O3. The van der Waals surface area contributed by atoms with Gasteiger partial charge in [-0.25, -0.2) is 4.68 Å². The van der Waals surface area contributed by atoms with Crippen molar-refractivity contribution in [2.45, 2.75) is 32.4 Å². The second-order valence-electron chi connectivity index (χ2n) is 4.16. The molecule has 7 heteroatoms. The molecular weight excluding hydrogens is 212 g/mol. The van der Waals surface area contributed by atoms with E-state index >= 15 is 0 Å². The predicted molar refractivity (Wildman–Crippen MR) is 52.5 cm³/mol. The first-order valence-electron chi connectivity index (χ1n) is 5.11. The maximum atomic E-state index is 11.0. The van der Waals surface area contributed by atoms with E-state index in [0.717, 1.165) is 0 Å². The van der Waals surface area contributed by atoms with E-state index in [1.54, 1.807) is 7.11 Å². The number of aromatic nitrogens is 4. The molecule has 0 saturated heterocycles. The van der Waals surface area contributed by atoms with Gasteiger partial charge in [0.2, 0.25) is 0 Å². The average Bonchev–Trinajstić information content (AvgIpc) is 2.89. The molecule has 0 aliphatic heterocycles. The zero-order valence-corrected chi connectivity index (χ0v) is 9.25. The third-order valence-corrected chi connectivity index (χ3v) is 3.04. The van der Waals surface area contributed by atoms with Crippen LogP contribution in [0.4, 0.5) is 0 Å². The minimum absolute atomic E-state index is 0.236. The van der Waals surface area contributed by atoms with Gasteiger partial charge < -0.3 is 9.84 Å². The summed E-state index contributed by atoms with van der Waals surface area (Å²) in [5.41, 5.74) is -0.669. The van der Waals surface area contributed by atoms with Gasteiger partial charge in [0.15, 0.2) is 5.82 Å². The number of carboxylic acids is 1. The topological polar surface area (TPSA) is 90.1 Å². The molecule has 0 spiro atoms. The summed E-state index contributed by atoms with van der Waals surface area (Å²) in [7, 11) is 1.56. The van der Waals surface area contributed by atoms with Crippen molar-refractivity contribution in [3.05, 3.63) is 5.82 Å². The average molecular weight is 226 g/mol. The first-order valence-corrected chi connectivity index (χ1v) is 5.11. The van der Waals surface area contributed by atoms with Crippen LogP contribution >= 0.6 is 0 Å². The number of ether oxygens (including phenoxy) is 1. The molecule has 1 atom stereocenters. The first-order chi connectivity index (χ1) is 7.59. The SMILES string of the molecule is COC(C)c1nnnn1CC1(C(=O)O)CC1. The Kier molecular flexibility index (Phi) is 2.63. The molecule has 7 nitrogen and oxygen atoms in total. The van der Waals surface area contributed by atoms with Crippen LogP contribution in [0.5, 0.6) is 0 Å². The third-order valence-electron chi connectivity index (χ3n) is 3.04. The molecule has 1 fully saturated rings. The molecule has 2 rings (SSSR count). The van der Waals surface area contributed by atoms with E-state index in [4.69, 9.17) is 9.84 Å². The standard InChI is InChI=1S/C9H14N4O3/c1-6(16-2)7-10-11-12-13(7)5-9(3-4-9)8(14)15/h6H,3-5H2,1-2H3,(H,14,15). The van der Waals surface area contributed by atoms with Crippen LogP contribution in [0.2, 0.25) is 0 Å². The highest BCUT2D eigenvalue weighted by molar-refractivity contribution is 5.77. The molecule has 1 aliphatic carbocycles. The van der Waals surface area contributed by atoms with Gasteiger partial charge in [0, 0.05) is 7.11 Å². The quantitative estimate of drug-likeness (QED) is 0.773. The van der Waals surface area contributed by atoms with Crippen molar-refractivity contribution in [3.8, 4) is 0 Å². The van der Waals surface area contributed by atoms with Crippen molar-refractivity contribution in [3.63, 3.8) is 0 Å². The summed E-state index contributed by atoms with van der Waals surface area (Å²) in [4.78, 5) is 11.0. The molecule has 16 heavy (non-hydrogen) atoms. The molecule has 1 aromatic heterocycles. The Balaban J connectivity index is 2.16. The maximum absolute atomic E-state index is 11.0. The minimum Gasteiger partial charge on any atom is -0.481 e. The van der Waals surface area contributed by atoms with Gasteiger partial charge in [-0.05, 0) is 30.2 Å². The Hall–Kier alpha value is -1.50. The molecule has 1 aromatic rings. The summed E-state index contributed by atoms with van der Waals surface area (Å²) in [6.07, 6.45) is 1.13. The van der Waals surface area contributed by atoms with Crippen LogP contribution in [0.15, 0.2) is 0 Å². The lowest BCUT2D eigenvalue weighted by atomic mass is 10.1. The van der Waals surface area contributed by atoms with Gasteiger partial charge in [0.05, 0.1) is 12.0 Å². The lowest BCUT2D eigenvalue weighted by Crippen LogP contribution is -2.24. The number of carboxylic acid groups (broad SMARTS) is 1. The Morgan fingerprint density at radius 3 is 2.88 bits per heavy atom. The number of methoxy groups -OCH3 is 1. The smallest absolute Gasteiger partial charge is 0.311 e. The van der Waals surface area contributed by atoms with E-state index in [-0.39, 0.29) is 6.10 Å². The third kappa shape index (κ3) is 1.78. The summed E-state index contributed by atoms with van der Waals surface area (Å²) in [6.45, 7) is 2.14. The number of hydrogen-bond acceptors (Lipinski definition) is 5. The van der Waals surface area contributed by atoms with Gasteiger partial charge in [-0.3, -0.25) is 4.79 Å². The van der Waals surface area contributed by atoms with Crippen molar-refractivity contribution in [1.29, 1.82) is 0 Å². The van der Waals surface area contributed by atoms with Crippen molar-refractivity contribution in [2.75, 3.05) is 7.11 Å². The van der Waals surface area contributed by atoms with Gasteiger partial charge >= 0.3 is 5.97 Å². The number of tetrazole rings is 1. The van der Waals surface area contributed by atoms with E-state index in [2.05, 4.69) is 15.5 Å². The van der Waals surface area contributed by atoms with Crippen molar-refractivity contribution in [1.82, 2.24) is 20.2 Å². The van der Waals surface area contributed by atoms with Crippen LogP contribution in [-0.4, -0.2) is 38.4 Å². The Morgan fingerprint density at radius 1 is 1.69 bits per heavy atom. The Labute approximate surface area is 92.4 Å². The monoisotopic (exact) mass is 226 g/mol. The Morgan fingerprint density at radius 2 is 2.38 bits per heavy atom. The van der Waals surface area contributed by atoms with Gasteiger partial charge in [-0.2, -0.15) is 0 Å². The highest BCUT2D eigenvalue weighted by Crippen LogP contribution is 2.47. The summed E-state index contributed by atoms with van der Waals surface area (Å²) >= 11 is 0. The van der Waals surface area contributed by atoms with Crippen molar-refractivity contribution in [2.24, 2.45) is 5.41 Å². The molecule has 1 aliphatic rings. The fraction of sp³-hybridized carbons (Fsp3) is 0.778. The van der Waals surface area contributed by atoms with Gasteiger partial charge in [0.25, 0.3) is 0 Å². The van der Waals surface area contributed by atoms with Crippen LogP contribution in [0.1, 0.15) is 31.7 Å².